The van der Waals surface area contributed by atoms with Crippen LogP contribution >= 0.6 is 0 Å². The molecule has 0 radical (unpaired) electrons. The summed E-state index contributed by atoms with van der Waals surface area (Å²) in [6.45, 7) is 10.8. The molecule has 67 heavy (non-hydrogen) atoms. The number of hydrogen-bond donors (Lipinski definition) is 7. The molecule has 356 valence electrons. The first-order valence-electron chi connectivity index (χ1n) is 21.9. The lowest BCUT2D eigenvalue weighted by molar-refractivity contribution is -0.141. The number of ether oxygens (including phenoxy) is 2. The van der Waals surface area contributed by atoms with E-state index in [2.05, 4.69) is 31.2 Å². The van der Waals surface area contributed by atoms with Gasteiger partial charge in [0.15, 0.2) is 5.82 Å². The number of nitrogens with zero attached hydrogens (tertiary/aromatic N) is 4. The molecule has 0 saturated heterocycles. The number of carbonyl (C=O) groups is 5. The number of hydrogen-bond acceptors (Lipinski definition) is 13. The molecule has 3 aromatic carbocycles. The van der Waals surface area contributed by atoms with Gasteiger partial charge in [-0.05, 0) is 92.2 Å². The topological polar surface area (TPSA) is 283 Å². The highest BCUT2D eigenvalue weighted by molar-refractivity contribution is 6.00. The van der Waals surface area contributed by atoms with Crippen molar-refractivity contribution in [1.29, 1.82) is 5.26 Å². The van der Waals surface area contributed by atoms with Crippen LogP contribution in [0.3, 0.4) is 0 Å². The zero-order chi connectivity index (χ0) is 49.2. The summed E-state index contributed by atoms with van der Waals surface area (Å²) >= 11 is 0. The van der Waals surface area contributed by atoms with Gasteiger partial charge in [0.25, 0.3) is 5.91 Å². The molecule has 4 bridgehead atoms. The zero-order valence-corrected chi connectivity index (χ0v) is 38.9. The average molecular weight is 922 g/mol. The number of rotatable bonds is 15. The number of aryl methyl sites for hydroxylation is 2. The van der Waals surface area contributed by atoms with Crippen LogP contribution in [0.2, 0.25) is 0 Å². The van der Waals surface area contributed by atoms with Crippen molar-refractivity contribution in [3.63, 3.8) is 0 Å². The van der Waals surface area contributed by atoms with Gasteiger partial charge in [-0.2, -0.15) is 5.26 Å². The van der Waals surface area contributed by atoms with E-state index in [1.807, 2.05) is 26.8 Å². The normalized spacial score (nSPS) is 16.6. The van der Waals surface area contributed by atoms with Crippen molar-refractivity contribution in [2.45, 2.75) is 84.0 Å². The molecule has 4 aromatic rings. The molecule has 4 atom stereocenters. The molecule has 2 heterocycles. The Bertz CT molecular complexity index is 2520. The van der Waals surface area contributed by atoms with Gasteiger partial charge in [-0.25, -0.2) is 14.4 Å². The minimum absolute atomic E-state index is 0.0139. The van der Waals surface area contributed by atoms with Crippen molar-refractivity contribution in [2.75, 3.05) is 46.4 Å². The van der Waals surface area contributed by atoms with Gasteiger partial charge in [-0.1, -0.05) is 39.0 Å². The molecule has 1 aliphatic heterocycles. The monoisotopic (exact) mass is 921 g/mol. The fourth-order valence-electron chi connectivity index (χ4n) is 7.69. The number of halogens is 1. The van der Waals surface area contributed by atoms with E-state index in [0.29, 0.717) is 28.2 Å². The van der Waals surface area contributed by atoms with E-state index in [-0.39, 0.29) is 91.6 Å². The molecule has 10 N–H and O–H groups in total. The maximum Gasteiger partial charge on any atom is 0.255 e. The van der Waals surface area contributed by atoms with Gasteiger partial charge >= 0.3 is 0 Å². The Hall–Kier alpha value is -7.01. The first-order chi connectivity index (χ1) is 31.8. The SMILES string of the molecule is Cc1nc(-c2ccc(C(C)(C)C)cc2F)nc(C)c1C(=O)NC(CCN)C(=O)N(C)C1C(=O)NC(C)C(=O)NC(C(=O)NCC#N)Cc2ccc(OCCN)c(c2)-c2cc1ccc2OCCN. The smallest absolute Gasteiger partial charge is 0.255 e. The van der Waals surface area contributed by atoms with Crippen molar-refractivity contribution in [1.82, 2.24) is 36.1 Å². The van der Waals surface area contributed by atoms with Crippen LogP contribution < -0.4 is 47.9 Å². The summed E-state index contributed by atoms with van der Waals surface area (Å²) in [7, 11) is 1.38. The summed E-state index contributed by atoms with van der Waals surface area (Å²) in [5.74, 6) is -3.25. The lowest BCUT2D eigenvalue weighted by atomic mass is 9.86. The third-order valence-electron chi connectivity index (χ3n) is 11.2. The molecule has 4 unspecified atom stereocenters. The number of fused-ring (bicyclic) bond motifs is 5. The van der Waals surface area contributed by atoms with Crippen molar-refractivity contribution < 1.29 is 37.8 Å². The van der Waals surface area contributed by atoms with Crippen molar-refractivity contribution in [3.8, 4) is 40.1 Å². The molecule has 0 aliphatic carbocycles. The third kappa shape index (κ3) is 12.3. The van der Waals surface area contributed by atoms with Crippen LogP contribution in [0.5, 0.6) is 11.5 Å². The van der Waals surface area contributed by atoms with Crippen LogP contribution in [0.4, 0.5) is 4.39 Å². The maximum atomic E-state index is 15.4. The number of benzene rings is 3. The van der Waals surface area contributed by atoms with Crippen LogP contribution in [0.1, 0.15) is 78.6 Å². The Balaban J connectivity index is 1.58. The van der Waals surface area contributed by atoms with Crippen molar-refractivity contribution in [2.24, 2.45) is 17.2 Å². The molecule has 1 aliphatic rings. The molecule has 1 aromatic heterocycles. The standard InChI is InChI=1S/C48H60FN11O7/c1-26-40(27(2)56-42(55-26)32-11-10-31(25-35(32)49)48(4,5)6)45(63)58-36(14-15-50)47(65)60(7)41-30-9-13-39(67-21-18-53)34(24-30)33-22-29(8-12-38(33)66-20-17-52)23-37(44(62)54-19-16-51)59-43(61)28(3)57-46(41)64/h8-13,22,24-25,28,36-37,41H,14-15,17-21,23,50,52-53H2,1-7H3,(H,54,62)(H,57,64)(H,58,63)(H,59,61). The summed E-state index contributed by atoms with van der Waals surface area (Å²) in [6, 6.07) is 11.6. The number of likely N-dealkylation sites (N-methyl/N-ethyl adjacent to an activating group) is 1. The van der Waals surface area contributed by atoms with Gasteiger partial charge in [-0.15, -0.1) is 0 Å². The molecule has 5 amide bonds. The second-order valence-corrected chi connectivity index (χ2v) is 17.2. The number of nitrogens with one attached hydrogen (secondary N) is 4. The molecule has 0 spiro atoms. The van der Waals surface area contributed by atoms with E-state index in [1.165, 1.54) is 20.0 Å². The van der Waals surface area contributed by atoms with Gasteiger partial charge < -0.3 is 52.8 Å². The lowest BCUT2D eigenvalue weighted by Crippen LogP contribution is -2.56. The average Bonchev–Trinajstić information content (AvgIpc) is 3.28. The van der Waals surface area contributed by atoms with E-state index < -0.39 is 59.5 Å². The highest BCUT2D eigenvalue weighted by atomic mass is 19.1. The highest BCUT2D eigenvalue weighted by Crippen LogP contribution is 2.40. The van der Waals surface area contributed by atoms with Gasteiger partial charge in [0.2, 0.25) is 23.6 Å². The number of aromatic nitrogens is 2. The Morgan fingerprint density at radius 1 is 0.896 bits per heavy atom. The number of amides is 5. The van der Waals surface area contributed by atoms with Gasteiger partial charge in [0.05, 0.1) is 28.6 Å². The minimum Gasteiger partial charge on any atom is -0.492 e. The molecular formula is C48H60FN11O7. The summed E-state index contributed by atoms with van der Waals surface area (Å²) in [5.41, 5.74) is 20.6. The van der Waals surface area contributed by atoms with Crippen molar-refractivity contribution in [3.05, 3.63) is 94.1 Å². The Morgan fingerprint density at radius 3 is 2.10 bits per heavy atom. The number of carbonyl (C=O) groups excluding carboxylic acids is 5. The quantitative estimate of drug-likeness (QED) is 0.0845. The number of nitriles is 1. The first kappa shape index (κ1) is 51.0. The second kappa shape index (κ2) is 22.5. The molecule has 5 rings (SSSR count). The van der Waals surface area contributed by atoms with E-state index in [0.717, 1.165) is 10.5 Å². The lowest BCUT2D eigenvalue weighted by Gasteiger charge is -2.32. The second-order valence-electron chi connectivity index (χ2n) is 17.2. The fourth-order valence-corrected chi connectivity index (χ4v) is 7.69. The largest absolute Gasteiger partial charge is 0.492 e. The molecule has 0 fully saturated rings. The summed E-state index contributed by atoms with van der Waals surface area (Å²) in [6.07, 6.45) is -0.0641. The summed E-state index contributed by atoms with van der Waals surface area (Å²) in [4.78, 5) is 80.6. The number of nitrogens with two attached hydrogens (primary N) is 3. The van der Waals surface area contributed by atoms with Gasteiger partial charge in [-0.3, -0.25) is 24.0 Å². The van der Waals surface area contributed by atoms with E-state index in [4.69, 9.17) is 31.9 Å². The molecular weight excluding hydrogens is 862 g/mol. The highest BCUT2D eigenvalue weighted by Gasteiger charge is 2.36. The predicted octanol–water partition coefficient (Wildman–Crippen LogP) is 2.37. The van der Waals surface area contributed by atoms with Crippen molar-refractivity contribution >= 4 is 29.5 Å². The summed E-state index contributed by atoms with van der Waals surface area (Å²) < 4.78 is 27.6. The Labute approximate surface area is 389 Å². The zero-order valence-electron chi connectivity index (χ0n) is 38.9. The van der Waals surface area contributed by atoms with Crippen LogP contribution in [-0.4, -0.2) is 109 Å². The Morgan fingerprint density at radius 2 is 1.52 bits per heavy atom. The maximum absolute atomic E-state index is 15.4. The van der Waals surface area contributed by atoms with E-state index >= 15 is 4.39 Å². The minimum atomic E-state index is -1.44. The van der Waals surface area contributed by atoms with E-state index in [9.17, 15) is 24.0 Å². The molecule has 18 nitrogen and oxygen atoms in total. The molecule has 19 heteroatoms. The van der Waals surface area contributed by atoms with Crippen LogP contribution in [0, 0.1) is 31.0 Å². The fraction of sp³-hybridized carbons (Fsp3) is 0.417. The summed E-state index contributed by atoms with van der Waals surface area (Å²) in [5, 5.41) is 19.8. The van der Waals surface area contributed by atoms with Gasteiger partial charge in [0.1, 0.15) is 61.2 Å². The van der Waals surface area contributed by atoms with Crippen LogP contribution in [-0.2, 0) is 31.0 Å². The first-order valence-corrected chi connectivity index (χ1v) is 21.9. The van der Waals surface area contributed by atoms with E-state index in [1.54, 1.807) is 62.4 Å². The predicted molar refractivity (Wildman–Crippen MR) is 249 cm³/mol. The van der Waals surface area contributed by atoms with Crippen LogP contribution in [0.15, 0.2) is 54.6 Å². The molecule has 0 saturated carbocycles. The van der Waals surface area contributed by atoms with Gasteiger partial charge in [0, 0.05) is 37.7 Å². The van der Waals surface area contributed by atoms with Crippen LogP contribution in [0.25, 0.3) is 22.5 Å². The Kier molecular flexibility index (Phi) is 17.1. The third-order valence-corrected chi connectivity index (χ3v) is 11.2.